The molecule has 1 aromatic carbocycles. The van der Waals surface area contributed by atoms with Crippen molar-refractivity contribution in [2.75, 3.05) is 38.3 Å². The lowest BCUT2D eigenvalue weighted by Gasteiger charge is -2.33. The molecule has 7 heteroatoms. The maximum atomic E-state index is 11.6. The molecule has 1 aliphatic heterocycles. The van der Waals surface area contributed by atoms with Gasteiger partial charge < -0.3 is 14.4 Å². The molecule has 1 aliphatic rings. The average Bonchev–Trinajstić information content (AvgIpc) is 2.55. The molecule has 0 aliphatic carbocycles. The standard InChI is InChI=1S/C16H22N2O5/c1-12(19)15-11-13(3-4-16(15)18(20)21)17-7-5-14(6-8-17)23-10-9-22-2/h3-4,11,14H,5-10H2,1-2H3. The number of benzene rings is 1. The Morgan fingerprint density at radius 2 is 2.04 bits per heavy atom. The van der Waals surface area contributed by atoms with E-state index in [0.717, 1.165) is 31.6 Å². The van der Waals surface area contributed by atoms with E-state index in [1.54, 1.807) is 19.2 Å². The lowest BCUT2D eigenvalue weighted by molar-refractivity contribution is -0.385. The molecule has 126 valence electrons. The Hall–Kier alpha value is -1.99. The molecule has 23 heavy (non-hydrogen) atoms. The summed E-state index contributed by atoms with van der Waals surface area (Å²) >= 11 is 0. The molecule has 0 saturated carbocycles. The fourth-order valence-electron chi connectivity index (χ4n) is 2.74. The molecule has 1 aromatic rings. The summed E-state index contributed by atoms with van der Waals surface area (Å²) < 4.78 is 10.7. The van der Waals surface area contributed by atoms with E-state index in [0.29, 0.717) is 13.2 Å². The minimum atomic E-state index is -0.517. The minimum Gasteiger partial charge on any atom is -0.382 e. The highest BCUT2D eigenvalue weighted by molar-refractivity contribution is 5.99. The van der Waals surface area contributed by atoms with Crippen LogP contribution in [-0.2, 0) is 9.47 Å². The Morgan fingerprint density at radius 3 is 2.61 bits per heavy atom. The van der Waals surface area contributed by atoms with Crippen LogP contribution < -0.4 is 4.90 Å². The first-order valence-corrected chi connectivity index (χ1v) is 7.67. The number of piperidine rings is 1. The first kappa shape index (κ1) is 17.4. The van der Waals surface area contributed by atoms with Gasteiger partial charge in [0.15, 0.2) is 5.78 Å². The van der Waals surface area contributed by atoms with Crippen LogP contribution in [0.1, 0.15) is 30.1 Å². The van der Waals surface area contributed by atoms with Gasteiger partial charge in [-0.1, -0.05) is 0 Å². The number of methoxy groups -OCH3 is 1. The number of anilines is 1. The normalized spacial score (nSPS) is 15.7. The van der Waals surface area contributed by atoms with Crippen LogP contribution in [0.3, 0.4) is 0 Å². The summed E-state index contributed by atoms with van der Waals surface area (Å²) in [6, 6.07) is 4.73. The SMILES string of the molecule is COCCOC1CCN(c2ccc([N+](=O)[O-])c(C(C)=O)c2)CC1. The number of ketones is 1. The van der Waals surface area contributed by atoms with Crippen molar-refractivity contribution in [3.05, 3.63) is 33.9 Å². The quantitative estimate of drug-likeness (QED) is 0.332. The molecule has 0 aromatic heterocycles. The number of ether oxygens (including phenoxy) is 2. The average molecular weight is 322 g/mol. The molecule has 7 nitrogen and oxygen atoms in total. The van der Waals surface area contributed by atoms with E-state index in [9.17, 15) is 14.9 Å². The van der Waals surface area contributed by atoms with Gasteiger partial charge in [-0.2, -0.15) is 0 Å². The van der Waals surface area contributed by atoms with E-state index in [1.807, 2.05) is 0 Å². The van der Waals surface area contributed by atoms with E-state index >= 15 is 0 Å². The Balaban J connectivity index is 2.02. The zero-order chi connectivity index (χ0) is 16.8. The predicted molar refractivity (Wildman–Crippen MR) is 86.2 cm³/mol. The van der Waals surface area contributed by atoms with Crippen LogP contribution in [0.5, 0.6) is 0 Å². The number of rotatable bonds is 7. The van der Waals surface area contributed by atoms with E-state index in [2.05, 4.69) is 4.90 Å². The van der Waals surface area contributed by atoms with Crippen molar-refractivity contribution < 1.29 is 19.2 Å². The highest BCUT2D eigenvalue weighted by Crippen LogP contribution is 2.28. The molecular formula is C16H22N2O5. The Bertz CT molecular complexity index is 568. The molecule has 2 rings (SSSR count). The van der Waals surface area contributed by atoms with E-state index in [1.165, 1.54) is 13.0 Å². The van der Waals surface area contributed by atoms with Crippen molar-refractivity contribution in [2.45, 2.75) is 25.9 Å². The second-order valence-corrected chi connectivity index (χ2v) is 5.56. The van der Waals surface area contributed by atoms with Crippen molar-refractivity contribution in [1.29, 1.82) is 0 Å². The smallest absolute Gasteiger partial charge is 0.280 e. The molecule has 0 spiro atoms. The molecule has 1 saturated heterocycles. The van der Waals surface area contributed by atoms with Crippen molar-refractivity contribution in [1.82, 2.24) is 0 Å². The molecule has 0 bridgehead atoms. The largest absolute Gasteiger partial charge is 0.382 e. The van der Waals surface area contributed by atoms with Crippen molar-refractivity contribution in [3.63, 3.8) is 0 Å². The fraction of sp³-hybridized carbons (Fsp3) is 0.562. The number of hydrogen-bond donors (Lipinski definition) is 0. The summed E-state index contributed by atoms with van der Waals surface area (Å²) in [6.07, 6.45) is 1.98. The zero-order valence-electron chi connectivity index (χ0n) is 13.5. The van der Waals surface area contributed by atoms with Gasteiger partial charge in [0, 0.05) is 32.0 Å². The first-order chi connectivity index (χ1) is 11.0. The first-order valence-electron chi connectivity index (χ1n) is 7.67. The monoisotopic (exact) mass is 322 g/mol. The van der Waals surface area contributed by atoms with Gasteiger partial charge in [0.25, 0.3) is 5.69 Å². The van der Waals surface area contributed by atoms with Gasteiger partial charge in [-0.05, 0) is 31.9 Å². The van der Waals surface area contributed by atoms with Crippen molar-refractivity contribution >= 4 is 17.2 Å². The topological polar surface area (TPSA) is 81.9 Å². The maximum absolute atomic E-state index is 11.6. The van der Waals surface area contributed by atoms with Gasteiger partial charge in [-0.3, -0.25) is 14.9 Å². The molecule has 1 heterocycles. The maximum Gasteiger partial charge on any atom is 0.280 e. The highest BCUT2D eigenvalue weighted by Gasteiger charge is 2.23. The van der Waals surface area contributed by atoms with Gasteiger partial charge in [0.1, 0.15) is 0 Å². The van der Waals surface area contributed by atoms with Gasteiger partial charge in [-0.15, -0.1) is 0 Å². The molecule has 0 unspecified atom stereocenters. The van der Waals surface area contributed by atoms with Crippen LogP contribution in [0.15, 0.2) is 18.2 Å². The van der Waals surface area contributed by atoms with Crippen LogP contribution >= 0.6 is 0 Å². The zero-order valence-corrected chi connectivity index (χ0v) is 13.5. The molecule has 1 fully saturated rings. The number of carbonyl (C=O) groups is 1. The summed E-state index contributed by atoms with van der Waals surface area (Å²) in [5, 5.41) is 11.0. The summed E-state index contributed by atoms with van der Waals surface area (Å²) in [5.41, 5.74) is 0.862. The lowest BCUT2D eigenvalue weighted by Crippen LogP contribution is -2.37. The van der Waals surface area contributed by atoms with Crippen LogP contribution in [0, 0.1) is 10.1 Å². The second-order valence-electron chi connectivity index (χ2n) is 5.56. The number of hydrogen-bond acceptors (Lipinski definition) is 6. The summed E-state index contributed by atoms with van der Waals surface area (Å²) in [6.45, 7) is 4.12. The highest BCUT2D eigenvalue weighted by atomic mass is 16.6. The van der Waals surface area contributed by atoms with Gasteiger partial charge in [-0.25, -0.2) is 0 Å². The van der Waals surface area contributed by atoms with Gasteiger partial charge >= 0.3 is 0 Å². The number of nitro benzene ring substituents is 1. The van der Waals surface area contributed by atoms with E-state index in [-0.39, 0.29) is 23.1 Å². The Labute approximate surface area is 135 Å². The van der Waals surface area contributed by atoms with Crippen molar-refractivity contribution in [3.8, 4) is 0 Å². The third-order valence-corrected chi connectivity index (χ3v) is 4.00. The summed E-state index contributed by atoms with van der Waals surface area (Å²) in [4.78, 5) is 24.3. The van der Waals surface area contributed by atoms with Gasteiger partial charge in [0.05, 0.1) is 29.8 Å². The third-order valence-electron chi connectivity index (χ3n) is 4.00. The van der Waals surface area contributed by atoms with Gasteiger partial charge in [0.2, 0.25) is 0 Å². The Morgan fingerprint density at radius 1 is 1.35 bits per heavy atom. The minimum absolute atomic E-state index is 0.140. The summed E-state index contributed by atoms with van der Waals surface area (Å²) in [7, 11) is 1.65. The molecule has 0 N–H and O–H groups in total. The number of carbonyl (C=O) groups excluding carboxylic acids is 1. The summed E-state index contributed by atoms with van der Waals surface area (Å²) in [5.74, 6) is -0.295. The third kappa shape index (κ3) is 4.49. The molecule has 0 amide bonds. The van der Waals surface area contributed by atoms with Crippen LogP contribution in [-0.4, -0.2) is 50.2 Å². The Kier molecular flexibility index (Phi) is 6.06. The van der Waals surface area contributed by atoms with E-state index in [4.69, 9.17) is 9.47 Å². The van der Waals surface area contributed by atoms with Crippen LogP contribution in [0.4, 0.5) is 11.4 Å². The molecule has 0 radical (unpaired) electrons. The second kappa shape index (κ2) is 8.03. The van der Waals surface area contributed by atoms with E-state index < -0.39 is 4.92 Å². The molecule has 0 atom stereocenters. The number of Topliss-reactive ketones (excluding diaryl/α,β-unsaturated/α-hetero) is 1. The van der Waals surface area contributed by atoms with Crippen molar-refractivity contribution in [2.24, 2.45) is 0 Å². The van der Waals surface area contributed by atoms with Crippen LogP contribution in [0.2, 0.25) is 0 Å². The number of nitro groups is 1. The predicted octanol–water partition coefficient (Wildman–Crippen LogP) is 2.43. The lowest BCUT2D eigenvalue weighted by atomic mass is 10.0. The fourth-order valence-corrected chi connectivity index (χ4v) is 2.74. The molecular weight excluding hydrogens is 300 g/mol. The number of nitrogens with zero attached hydrogens (tertiary/aromatic N) is 2. The van der Waals surface area contributed by atoms with Crippen LogP contribution in [0.25, 0.3) is 0 Å².